The van der Waals surface area contributed by atoms with Crippen LogP contribution >= 0.6 is 0 Å². The Kier molecular flexibility index (Phi) is 4.74. The van der Waals surface area contributed by atoms with Crippen molar-refractivity contribution in [1.29, 1.82) is 0 Å². The summed E-state index contributed by atoms with van der Waals surface area (Å²) >= 11 is 0. The molecule has 20 heavy (non-hydrogen) atoms. The third kappa shape index (κ3) is 3.81. The molecule has 5 heteroatoms. The van der Waals surface area contributed by atoms with E-state index in [0.717, 1.165) is 22.8 Å². The standard InChI is InChI=1S/C15H22N4O/c1-11(2)17-8-14-15(6-5-12(3)18-14)20-9-13-7-16-10-19(13)4/h5-7,10-11,17H,8-9H2,1-4H3. The molecule has 2 aromatic rings. The highest BCUT2D eigenvalue weighted by molar-refractivity contribution is 5.29. The molecule has 5 nitrogen and oxygen atoms in total. The molecule has 108 valence electrons. The van der Waals surface area contributed by atoms with E-state index in [-0.39, 0.29) is 0 Å². The summed E-state index contributed by atoms with van der Waals surface area (Å²) in [5.74, 6) is 0.824. The van der Waals surface area contributed by atoms with Crippen molar-refractivity contribution >= 4 is 0 Å². The van der Waals surface area contributed by atoms with E-state index < -0.39 is 0 Å². The molecular formula is C15H22N4O. The van der Waals surface area contributed by atoms with E-state index in [2.05, 4.69) is 29.1 Å². The van der Waals surface area contributed by atoms with Crippen LogP contribution in [0.5, 0.6) is 5.75 Å². The summed E-state index contributed by atoms with van der Waals surface area (Å²) in [5, 5.41) is 3.37. The molecule has 0 aliphatic carbocycles. The van der Waals surface area contributed by atoms with Crippen LogP contribution in [-0.4, -0.2) is 20.6 Å². The average Bonchev–Trinajstić information content (AvgIpc) is 2.81. The van der Waals surface area contributed by atoms with Crippen molar-refractivity contribution in [2.75, 3.05) is 0 Å². The molecule has 1 N–H and O–H groups in total. The van der Waals surface area contributed by atoms with Gasteiger partial charge in [0.05, 0.1) is 23.9 Å². The molecule has 0 aliphatic rings. The number of hydrogen-bond acceptors (Lipinski definition) is 4. The second-order valence-corrected chi connectivity index (χ2v) is 5.22. The summed E-state index contributed by atoms with van der Waals surface area (Å²) in [6.07, 6.45) is 3.58. The van der Waals surface area contributed by atoms with E-state index in [4.69, 9.17) is 4.74 Å². The molecule has 0 aromatic carbocycles. The first-order valence-corrected chi connectivity index (χ1v) is 6.84. The summed E-state index contributed by atoms with van der Waals surface area (Å²) in [5.41, 5.74) is 2.98. The summed E-state index contributed by atoms with van der Waals surface area (Å²) < 4.78 is 7.84. The van der Waals surface area contributed by atoms with Gasteiger partial charge in [0.2, 0.25) is 0 Å². The predicted octanol–water partition coefficient (Wildman–Crippen LogP) is 2.20. The Hall–Kier alpha value is -1.88. The van der Waals surface area contributed by atoms with E-state index in [9.17, 15) is 0 Å². The average molecular weight is 274 g/mol. The molecule has 0 fully saturated rings. The van der Waals surface area contributed by atoms with Gasteiger partial charge in [-0.1, -0.05) is 13.8 Å². The Morgan fingerprint density at radius 3 is 2.80 bits per heavy atom. The Labute approximate surface area is 120 Å². The Bertz CT molecular complexity index is 563. The van der Waals surface area contributed by atoms with Gasteiger partial charge in [-0.15, -0.1) is 0 Å². The molecular weight excluding hydrogens is 252 g/mol. The number of nitrogens with zero attached hydrogens (tertiary/aromatic N) is 3. The normalized spacial score (nSPS) is 11.1. The number of ether oxygens (including phenoxy) is 1. The van der Waals surface area contributed by atoms with Gasteiger partial charge in [-0.25, -0.2) is 4.98 Å². The number of aromatic nitrogens is 3. The zero-order valence-corrected chi connectivity index (χ0v) is 12.6. The van der Waals surface area contributed by atoms with E-state index in [1.54, 1.807) is 6.33 Å². The number of imidazole rings is 1. The summed E-state index contributed by atoms with van der Waals surface area (Å²) in [4.78, 5) is 8.64. The van der Waals surface area contributed by atoms with Crippen LogP contribution in [0.25, 0.3) is 0 Å². The fraction of sp³-hybridized carbons (Fsp3) is 0.467. The van der Waals surface area contributed by atoms with Gasteiger partial charge in [-0.3, -0.25) is 4.98 Å². The predicted molar refractivity (Wildman–Crippen MR) is 78.5 cm³/mol. The van der Waals surface area contributed by atoms with Gasteiger partial charge >= 0.3 is 0 Å². The van der Waals surface area contributed by atoms with Crippen molar-refractivity contribution in [2.24, 2.45) is 7.05 Å². The third-order valence-corrected chi connectivity index (χ3v) is 3.04. The minimum atomic E-state index is 0.419. The maximum absolute atomic E-state index is 5.89. The first kappa shape index (κ1) is 14.5. The zero-order valence-electron chi connectivity index (χ0n) is 12.6. The Balaban J connectivity index is 2.08. The molecule has 2 heterocycles. The minimum absolute atomic E-state index is 0.419. The van der Waals surface area contributed by atoms with Gasteiger partial charge in [0, 0.05) is 25.3 Å². The van der Waals surface area contributed by atoms with Crippen molar-refractivity contribution in [3.63, 3.8) is 0 Å². The van der Waals surface area contributed by atoms with Crippen molar-refractivity contribution < 1.29 is 4.74 Å². The highest BCUT2D eigenvalue weighted by Gasteiger charge is 2.08. The molecule has 0 bridgehead atoms. The van der Waals surface area contributed by atoms with Crippen LogP contribution in [-0.2, 0) is 20.2 Å². The Morgan fingerprint density at radius 2 is 2.15 bits per heavy atom. The van der Waals surface area contributed by atoms with Gasteiger partial charge in [-0.05, 0) is 19.1 Å². The molecule has 0 saturated heterocycles. The molecule has 0 spiro atoms. The summed E-state index contributed by atoms with van der Waals surface area (Å²) in [6.45, 7) is 7.43. The smallest absolute Gasteiger partial charge is 0.142 e. The molecule has 0 aliphatic heterocycles. The lowest BCUT2D eigenvalue weighted by molar-refractivity contribution is 0.291. The number of rotatable bonds is 6. The lowest BCUT2D eigenvalue weighted by Gasteiger charge is -2.13. The highest BCUT2D eigenvalue weighted by Crippen LogP contribution is 2.18. The molecule has 0 radical (unpaired) electrons. The molecule has 2 rings (SSSR count). The minimum Gasteiger partial charge on any atom is -0.485 e. The van der Waals surface area contributed by atoms with Crippen molar-refractivity contribution in [3.8, 4) is 5.75 Å². The van der Waals surface area contributed by atoms with Crippen molar-refractivity contribution in [2.45, 2.75) is 40.0 Å². The van der Waals surface area contributed by atoms with Crippen LogP contribution < -0.4 is 10.1 Å². The lowest BCUT2D eigenvalue weighted by atomic mass is 10.2. The first-order chi connectivity index (χ1) is 9.56. The van der Waals surface area contributed by atoms with Crippen molar-refractivity contribution in [3.05, 3.63) is 41.7 Å². The number of nitrogens with one attached hydrogen (secondary N) is 1. The van der Waals surface area contributed by atoms with E-state index in [1.807, 2.05) is 36.9 Å². The second-order valence-electron chi connectivity index (χ2n) is 5.22. The molecule has 2 aromatic heterocycles. The van der Waals surface area contributed by atoms with Crippen LogP contribution in [0.15, 0.2) is 24.7 Å². The molecule has 0 saturated carbocycles. The number of aryl methyl sites for hydroxylation is 2. The van der Waals surface area contributed by atoms with E-state index >= 15 is 0 Å². The van der Waals surface area contributed by atoms with Gasteiger partial charge in [0.15, 0.2) is 0 Å². The topological polar surface area (TPSA) is 52.0 Å². The highest BCUT2D eigenvalue weighted by atomic mass is 16.5. The van der Waals surface area contributed by atoms with Gasteiger partial charge in [0.25, 0.3) is 0 Å². The van der Waals surface area contributed by atoms with Gasteiger partial charge < -0.3 is 14.6 Å². The zero-order chi connectivity index (χ0) is 14.5. The fourth-order valence-electron chi connectivity index (χ4n) is 1.83. The second kappa shape index (κ2) is 6.52. The molecule has 0 amide bonds. The van der Waals surface area contributed by atoms with Crippen LogP contribution in [0, 0.1) is 6.92 Å². The fourth-order valence-corrected chi connectivity index (χ4v) is 1.83. The summed E-state index contributed by atoms with van der Waals surface area (Å²) in [6, 6.07) is 4.37. The lowest BCUT2D eigenvalue weighted by Crippen LogP contribution is -2.23. The third-order valence-electron chi connectivity index (χ3n) is 3.04. The van der Waals surface area contributed by atoms with Crippen LogP contribution in [0.3, 0.4) is 0 Å². The van der Waals surface area contributed by atoms with E-state index in [0.29, 0.717) is 19.2 Å². The van der Waals surface area contributed by atoms with Gasteiger partial charge in [0.1, 0.15) is 12.4 Å². The number of hydrogen-bond donors (Lipinski definition) is 1. The largest absolute Gasteiger partial charge is 0.485 e. The maximum Gasteiger partial charge on any atom is 0.142 e. The SMILES string of the molecule is Cc1ccc(OCc2cncn2C)c(CNC(C)C)n1. The van der Waals surface area contributed by atoms with Gasteiger partial charge in [-0.2, -0.15) is 0 Å². The van der Waals surface area contributed by atoms with Crippen LogP contribution in [0.1, 0.15) is 30.9 Å². The molecule has 0 atom stereocenters. The van der Waals surface area contributed by atoms with Crippen LogP contribution in [0.4, 0.5) is 0 Å². The quantitative estimate of drug-likeness (QED) is 0.877. The molecule has 0 unspecified atom stereocenters. The Morgan fingerprint density at radius 1 is 1.35 bits per heavy atom. The van der Waals surface area contributed by atoms with Crippen LogP contribution in [0.2, 0.25) is 0 Å². The summed E-state index contributed by atoms with van der Waals surface area (Å²) in [7, 11) is 1.96. The van der Waals surface area contributed by atoms with Crippen molar-refractivity contribution in [1.82, 2.24) is 19.9 Å². The van der Waals surface area contributed by atoms with E-state index in [1.165, 1.54) is 0 Å². The first-order valence-electron chi connectivity index (χ1n) is 6.84. The number of pyridine rings is 1. The maximum atomic E-state index is 5.89. The monoisotopic (exact) mass is 274 g/mol.